The second-order valence-corrected chi connectivity index (χ2v) is 7.35. The monoisotopic (exact) mass is 359 g/mol. The first-order valence-electron chi connectivity index (χ1n) is 10.1. The summed E-state index contributed by atoms with van der Waals surface area (Å²) in [4.78, 5) is 27.0. The standard InChI is InChI=1S/C22H33NO3/c1-4-26-21(24)14-15-23(20-10-8-6-5-7-9-11-20)22(25)19-13-12-17(2)18(3)16-19/h12-13,16,20H,4-11,14-15H2,1-3H3. The first-order chi connectivity index (χ1) is 12.5. The van der Waals surface area contributed by atoms with E-state index in [1.165, 1.54) is 24.8 Å². The highest BCUT2D eigenvalue weighted by Gasteiger charge is 2.26. The van der Waals surface area contributed by atoms with Crippen molar-refractivity contribution >= 4 is 11.9 Å². The smallest absolute Gasteiger partial charge is 0.307 e. The van der Waals surface area contributed by atoms with Crippen molar-refractivity contribution in [3.8, 4) is 0 Å². The van der Waals surface area contributed by atoms with Crippen LogP contribution in [0.5, 0.6) is 0 Å². The van der Waals surface area contributed by atoms with Gasteiger partial charge >= 0.3 is 5.97 Å². The SMILES string of the molecule is CCOC(=O)CCN(C(=O)c1ccc(C)c(C)c1)C1CCCCCCC1. The molecule has 0 saturated heterocycles. The molecule has 0 heterocycles. The lowest BCUT2D eigenvalue weighted by Crippen LogP contribution is -2.42. The maximum absolute atomic E-state index is 13.3. The Kier molecular flexibility index (Phi) is 8.14. The van der Waals surface area contributed by atoms with Gasteiger partial charge in [-0.05, 0) is 56.9 Å². The molecule has 0 spiro atoms. The number of carbonyl (C=O) groups is 2. The van der Waals surface area contributed by atoms with Gasteiger partial charge < -0.3 is 9.64 Å². The number of nitrogens with zero attached hydrogens (tertiary/aromatic N) is 1. The van der Waals surface area contributed by atoms with E-state index in [2.05, 4.69) is 6.92 Å². The van der Waals surface area contributed by atoms with Crippen LogP contribution in [0.4, 0.5) is 0 Å². The lowest BCUT2D eigenvalue weighted by Gasteiger charge is -2.33. The van der Waals surface area contributed by atoms with Gasteiger partial charge in [-0.1, -0.05) is 38.2 Å². The molecule has 1 aliphatic rings. The van der Waals surface area contributed by atoms with E-state index < -0.39 is 0 Å². The van der Waals surface area contributed by atoms with Crippen molar-refractivity contribution in [3.05, 3.63) is 34.9 Å². The van der Waals surface area contributed by atoms with Crippen molar-refractivity contribution < 1.29 is 14.3 Å². The van der Waals surface area contributed by atoms with Crippen molar-refractivity contribution in [1.29, 1.82) is 0 Å². The lowest BCUT2D eigenvalue weighted by molar-refractivity contribution is -0.143. The van der Waals surface area contributed by atoms with E-state index in [0.717, 1.165) is 36.8 Å². The number of hydrogen-bond donors (Lipinski definition) is 0. The molecule has 4 nitrogen and oxygen atoms in total. The predicted octanol–water partition coefficient (Wildman–Crippen LogP) is 4.81. The predicted molar refractivity (Wildman–Crippen MR) is 104 cm³/mol. The molecular formula is C22H33NO3. The maximum Gasteiger partial charge on any atom is 0.307 e. The van der Waals surface area contributed by atoms with Crippen molar-refractivity contribution in [2.45, 2.75) is 78.2 Å². The van der Waals surface area contributed by atoms with Crippen LogP contribution in [-0.4, -0.2) is 36.0 Å². The summed E-state index contributed by atoms with van der Waals surface area (Å²) < 4.78 is 5.07. The van der Waals surface area contributed by atoms with Crippen LogP contribution in [-0.2, 0) is 9.53 Å². The number of rotatable bonds is 6. The number of amides is 1. The van der Waals surface area contributed by atoms with Crippen molar-refractivity contribution in [2.75, 3.05) is 13.2 Å². The van der Waals surface area contributed by atoms with Crippen LogP contribution in [0.15, 0.2) is 18.2 Å². The van der Waals surface area contributed by atoms with Gasteiger partial charge in [-0.25, -0.2) is 0 Å². The van der Waals surface area contributed by atoms with E-state index in [1.54, 1.807) is 0 Å². The molecule has 1 amide bonds. The highest BCUT2D eigenvalue weighted by atomic mass is 16.5. The zero-order valence-corrected chi connectivity index (χ0v) is 16.6. The molecule has 4 heteroatoms. The summed E-state index contributed by atoms with van der Waals surface area (Å²) in [6.45, 7) is 6.72. The maximum atomic E-state index is 13.3. The number of carbonyl (C=O) groups excluding carboxylic acids is 2. The molecule has 0 aliphatic heterocycles. The molecular weight excluding hydrogens is 326 g/mol. The fourth-order valence-electron chi connectivity index (χ4n) is 3.68. The normalized spacial score (nSPS) is 15.8. The topological polar surface area (TPSA) is 46.6 Å². The van der Waals surface area contributed by atoms with Gasteiger partial charge in [0.1, 0.15) is 0 Å². The molecule has 144 valence electrons. The Bertz CT molecular complexity index is 603. The van der Waals surface area contributed by atoms with E-state index in [1.807, 2.05) is 36.9 Å². The quantitative estimate of drug-likeness (QED) is 0.685. The molecule has 0 unspecified atom stereocenters. The molecule has 1 fully saturated rings. The van der Waals surface area contributed by atoms with Crippen LogP contribution in [0, 0.1) is 13.8 Å². The van der Waals surface area contributed by atoms with Crippen molar-refractivity contribution in [2.24, 2.45) is 0 Å². The van der Waals surface area contributed by atoms with Crippen molar-refractivity contribution in [1.82, 2.24) is 4.90 Å². The number of aryl methyl sites for hydroxylation is 2. The van der Waals surface area contributed by atoms with Gasteiger partial charge in [-0.15, -0.1) is 0 Å². The Morgan fingerprint density at radius 1 is 1.04 bits per heavy atom. The Hall–Kier alpha value is -1.84. The van der Waals surface area contributed by atoms with Crippen LogP contribution in [0.25, 0.3) is 0 Å². The molecule has 0 N–H and O–H groups in total. The highest BCUT2D eigenvalue weighted by Crippen LogP contribution is 2.24. The largest absolute Gasteiger partial charge is 0.466 e. The molecule has 0 radical (unpaired) electrons. The Balaban J connectivity index is 2.17. The van der Waals surface area contributed by atoms with E-state index in [-0.39, 0.29) is 24.3 Å². The molecule has 26 heavy (non-hydrogen) atoms. The first-order valence-corrected chi connectivity index (χ1v) is 10.1. The third-order valence-corrected chi connectivity index (χ3v) is 5.39. The molecule has 1 aromatic rings. The van der Waals surface area contributed by atoms with Crippen LogP contribution >= 0.6 is 0 Å². The second-order valence-electron chi connectivity index (χ2n) is 7.35. The summed E-state index contributed by atoms with van der Waals surface area (Å²) in [5.41, 5.74) is 3.03. The third kappa shape index (κ3) is 5.86. The minimum absolute atomic E-state index is 0.0444. The molecule has 2 rings (SSSR count). The summed E-state index contributed by atoms with van der Waals surface area (Å²) >= 11 is 0. The van der Waals surface area contributed by atoms with E-state index in [4.69, 9.17) is 4.74 Å². The van der Waals surface area contributed by atoms with Gasteiger partial charge in [0.05, 0.1) is 13.0 Å². The van der Waals surface area contributed by atoms with E-state index in [0.29, 0.717) is 13.2 Å². The molecule has 1 aliphatic carbocycles. The van der Waals surface area contributed by atoms with Crippen LogP contribution in [0.3, 0.4) is 0 Å². The molecule has 1 aromatic carbocycles. The highest BCUT2D eigenvalue weighted by molar-refractivity contribution is 5.95. The summed E-state index contributed by atoms with van der Waals surface area (Å²) in [6.07, 6.45) is 8.39. The van der Waals surface area contributed by atoms with Gasteiger partial charge in [-0.3, -0.25) is 9.59 Å². The van der Waals surface area contributed by atoms with Gasteiger partial charge in [0.15, 0.2) is 0 Å². The Labute approximate surface area is 157 Å². The molecule has 0 atom stereocenters. The Morgan fingerprint density at radius 2 is 1.69 bits per heavy atom. The number of hydrogen-bond acceptors (Lipinski definition) is 3. The minimum Gasteiger partial charge on any atom is -0.466 e. The average molecular weight is 360 g/mol. The van der Waals surface area contributed by atoms with Gasteiger partial charge in [0.2, 0.25) is 0 Å². The first kappa shape index (κ1) is 20.5. The summed E-state index contributed by atoms with van der Waals surface area (Å²) in [6, 6.07) is 6.10. The zero-order chi connectivity index (χ0) is 18.9. The van der Waals surface area contributed by atoms with E-state index >= 15 is 0 Å². The average Bonchev–Trinajstić information content (AvgIpc) is 2.58. The molecule has 0 bridgehead atoms. The number of benzene rings is 1. The van der Waals surface area contributed by atoms with Crippen molar-refractivity contribution in [3.63, 3.8) is 0 Å². The zero-order valence-electron chi connectivity index (χ0n) is 16.6. The Morgan fingerprint density at radius 3 is 2.31 bits per heavy atom. The van der Waals surface area contributed by atoms with Gasteiger partial charge in [0.25, 0.3) is 5.91 Å². The molecule has 0 aromatic heterocycles. The second kappa shape index (κ2) is 10.3. The van der Waals surface area contributed by atoms with Crippen LogP contribution in [0.2, 0.25) is 0 Å². The van der Waals surface area contributed by atoms with Gasteiger partial charge in [0, 0.05) is 18.2 Å². The van der Waals surface area contributed by atoms with Crippen LogP contribution < -0.4 is 0 Å². The lowest BCUT2D eigenvalue weighted by atomic mass is 9.94. The fourth-order valence-corrected chi connectivity index (χ4v) is 3.68. The summed E-state index contributed by atoms with van der Waals surface area (Å²) in [7, 11) is 0. The fraction of sp³-hybridized carbons (Fsp3) is 0.636. The number of ether oxygens (including phenoxy) is 1. The van der Waals surface area contributed by atoms with E-state index in [9.17, 15) is 9.59 Å². The number of esters is 1. The summed E-state index contributed by atoms with van der Waals surface area (Å²) in [5.74, 6) is -0.181. The third-order valence-electron chi connectivity index (χ3n) is 5.39. The van der Waals surface area contributed by atoms with Crippen LogP contribution in [0.1, 0.15) is 79.8 Å². The van der Waals surface area contributed by atoms with Gasteiger partial charge in [-0.2, -0.15) is 0 Å². The summed E-state index contributed by atoms with van der Waals surface area (Å²) in [5, 5.41) is 0. The molecule has 1 saturated carbocycles. The minimum atomic E-state index is -0.226.